The van der Waals surface area contributed by atoms with Crippen LogP contribution in [0.1, 0.15) is 33.7 Å². The Hall–Kier alpha value is -2.29. The van der Waals surface area contributed by atoms with Gasteiger partial charge in [-0.05, 0) is 44.4 Å². The van der Waals surface area contributed by atoms with E-state index in [9.17, 15) is 9.90 Å². The number of carboxylic acids is 1. The van der Waals surface area contributed by atoms with Gasteiger partial charge in [0, 0.05) is 5.56 Å². The van der Waals surface area contributed by atoms with Crippen molar-refractivity contribution in [3.63, 3.8) is 0 Å². The fourth-order valence-corrected chi connectivity index (χ4v) is 2.70. The van der Waals surface area contributed by atoms with Gasteiger partial charge in [-0.25, -0.2) is 0 Å². The molecule has 3 nitrogen and oxygen atoms in total. The summed E-state index contributed by atoms with van der Waals surface area (Å²) in [6.45, 7) is 5.99. The molecule has 0 spiro atoms. The van der Waals surface area contributed by atoms with Gasteiger partial charge in [-0.3, -0.25) is 4.79 Å². The number of hydrogen-bond donors (Lipinski definition) is 1. The van der Waals surface area contributed by atoms with Gasteiger partial charge < -0.3 is 9.84 Å². The number of aryl methyl sites for hydroxylation is 3. The first-order chi connectivity index (χ1) is 10.4. The summed E-state index contributed by atoms with van der Waals surface area (Å²) in [5.41, 5.74) is 5.08. The first kappa shape index (κ1) is 16.1. The van der Waals surface area contributed by atoms with Crippen molar-refractivity contribution in [3.8, 4) is 5.75 Å². The fraction of sp³-hybridized carbons (Fsp3) is 0.316. The predicted molar refractivity (Wildman–Crippen MR) is 87.7 cm³/mol. The van der Waals surface area contributed by atoms with Gasteiger partial charge in [0.15, 0.2) is 0 Å². The van der Waals surface area contributed by atoms with Crippen LogP contribution in [0.5, 0.6) is 5.75 Å². The van der Waals surface area contributed by atoms with Gasteiger partial charge in [-0.2, -0.15) is 0 Å². The van der Waals surface area contributed by atoms with E-state index in [0.29, 0.717) is 12.2 Å². The van der Waals surface area contributed by atoms with E-state index in [0.717, 1.165) is 27.8 Å². The van der Waals surface area contributed by atoms with Crippen LogP contribution in [0, 0.1) is 20.8 Å². The summed E-state index contributed by atoms with van der Waals surface area (Å²) < 4.78 is 5.36. The molecule has 2 aromatic carbocycles. The number of ether oxygens (including phenoxy) is 1. The van der Waals surface area contributed by atoms with Crippen molar-refractivity contribution in [3.05, 3.63) is 64.2 Å². The second kappa shape index (κ2) is 6.65. The van der Waals surface area contributed by atoms with Gasteiger partial charge >= 0.3 is 5.97 Å². The maximum atomic E-state index is 11.8. The normalized spacial score (nSPS) is 12.0. The monoisotopic (exact) mass is 298 g/mol. The van der Waals surface area contributed by atoms with E-state index >= 15 is 0 Å². The molecule has 0 heterocycles. The maximum absolute atomic E-state index is 11.8. The number of carboxylic acid groups (broad SMARTS) is 1. The molecule has 22 heavy (non-hydrogen) atoms. The van der Waals surface area contributed by atoms with Crippen LogP contribution in [-0.4, -0.2) is 18.2 Å². The van der Waals surface area contributed by atoms with Gasteiger partial charge in [0.25, 0.3) is 0 Å². The molecule has 1 N–H and O–H groups in total. The molecule has 0 aliphatic heterocycles. The molecule has 2 rings (SSSR count). The minimum Gasteiger partial charge on any atom is -0.496 e. The second-order valence-electron chi connectivity index (χ2n) is 5.77. The molecule has 0 amide bonds. The van der Waals surface area contributed by atoms with E-state index < -0.39 is 11.9 Å². The molecule has 0 fully saturated rings. The lowest BCUT2D eigenvalue weighted by atomic mass is 9.88. The Morgan fingerprint density at radius 1 is 1.09 bits per heavy atom. The lowest BCUT2D eigenvalue weighted by molar-refractivity contribution is -0.138. The second-order valence-corrected chi connectivity index (χ2v) is 5.77. The zero-order valence-corrected chi connectivity index (χ0v) is 13.5. The van der Waals surface area contributed by atoms with Gasteiger partial charge in [0.05, 0.1) is 13.0 Å². The number of methoxy groups -OCH3 is 1. The van der Waals surface area contributed by atoms with E-state index in [1.807, 2.05) is 51.1 Å². The quantitative estimate of drug-likeness (QED) is 0.906. The van der Waals surface area contributed by atoms with E-state index in [1.54, 1.807) is 7.11 Å². The molecule has 0 aliphatic rings. The highest BCUT2D eigenvalue weighted by atomic mass is 16.5. The summed E-state index contributed by atoms with van der Waals surface area (Å²) in [5.74, 6) is -0.816. The van der Waals surface area contributed by atoms with E-state index in [2.05, 4.69) is 6.07 Å². The lowest BCUT2D eigenvalue weighted by Crippen LogP contribution is -2.16. The lowest BCUT2D eigenvalue weighted by Gasteiger charge is -2.18. The predicted octanol–water partition coefficient (Wildman–Crippen LogP) is 4.03. The summed E-state index contributed by atoms with van der Waals surface area (Å²) >= 11 is 0. The van der Waals surface area contributed by atoms with E-state index in [-0.39, 0.29) is 0 Å². The molecule has 0 radical (unpaired) electrons. The molecule has 0 aromatic heterocycles. The highest BCUT2D eigenvalue weighted by Crippen LogP contribution is 2.31. The number of rotatable bonds is 5. The first-order valence-electron chi connectivity index (χ1n) is 7.36. The summed E-state index contributed by atoms with van der Waals surface area (Å²) in [7, 11) is 1.57. The Morgan fingerprint density at radius 2 is 1.73 bits per heavy atom. The number of benzene rings is 2. The van der Waals surface area contributed by atoms with Crippen molar-refractivity contribution in [1.82, 2.24) is 0 Å². The van der Waals surface area contributed by atoms with Crippen LogP contribution < -0.4 is 4.74 Å². The van der Waals surface area contributed by atoms with Crippen LogP contribution in [0.25, 0.3) is 0 Å². The Kier molecular flexibility index (Phi) is 4.86. The minimum absolute atomic E-state index is 0.461. The third kappa shape index (κ3) is 3.48. The molecule has 1 atom stereocenters. The highest BCUT2D eigenvalue weighted by molar-refractivity contribution is 5.78. The van der Waals surface area contributed by atoms with Crippen molar-refractivity contribution in [2.24, 2.45) is 0 Å². The third-order valence-corrected chi connectivity index (χ3v) is 3.99. The van der Waals surface area contributed by atoms with Crippen LogP contribution in [0.2, 0.25) is 0 Å². The van der Waals surface area contributed by atoms with Gasteiger partial charge in [-0.1, -0.05) is 41.5 Å². The van der Waals surface area contributed by atoms with Crippen molar-refractivity contribution >= 4 is 5.97 Å². The fourth-order valence-electron chi connectivity index (χ4n) is 2.70. The molecule has 116 valence electrons. The van der Waals surface area contributed by atoms with Gasteiger partial charge in [0.2, 0.25) is 0 Å². The zero-order chi connectivity index (χ0) is 16.3. The molecule has 1 unspecified atom stereocenters. The van der Waals surface area contributed by atoms with Crippen LogP contribution >= 0.6 is 0 Å². The van der Waals surface area contributed by atoms with Crippen molar-refractivity contribution in [2.75, 3.05) is 7.11 Å². The number of aliphatic carboxylic acids is 1. The van der Waals surface area contributed by atoms with Gasteiger partial charge in [-0.15, -0.1) is 0 Å². The Labute approximate surface area is 131 Å². The van der Waals surface area contributed by atoms with Crippen LogP contribution in [0.4, 0.5) is 0 Å². The molecule has 0 bridgehead atoms. The number of carbonyl (C=O) groups is 1. The summed E-state index contributed by atoms with van der Waals surface area (Å²) in [6.07, 6.45) is 0.461. The molecule has 2 aromatic rings. The van der Waals surface area contributed by atoms with Crippen LogP contribution in [0.3, 0.4) is 0 Å². The molecule has 0 saturated heterocycles. The molecule has 3 heteroatoms. The minimum atomic E-state index is -0.829. The van der Waals surface area contributed by atoms with E-state index in [1.165, 1.54) is 0 Å². The molecule has 0 saturated carbocycles. The molecular weight excluding hydrogens is 276 g/mol. The average Bonchev–Trinajstić information content (AvgIpc) is 2.47. The zero-order valence-electron chi connectivity index (χ0n) is 13.5. The largest absolute Gasteiger partial charge is 0.496 e. The summed E-state index contributed by atoms with van der Waals surface area (Å²) in [6, 6.07) is 11.8. The molecule has 0 aliphatic carbocycles. The smallest absolute Gasteiger partial charge is 0.311 e. The van der Waals surface area contributed by atoms with Crippen molar-refractivity contribution in [1.29, 1.82) is 0 Å². The summed E-state index contributed by atoms with van der Waals surface area (Å²) in [5, 5.41) is 9.70. The highest BCUT2D eigenvalue weighted by Gasteiger charge is 2.24. The average molecular weight is 298 g/mol. The van der Waals surface area contributed by atoms with Crippen LogP contribution in [-0.2, 0) is 11.2 Å². The van der Waals surface area contributed by atoms with Crippen molar-refractivity contribution in [2.45, 2.75) is 33.1 Å². The Balaban J connectivity index is 2.45. The topological polar surface area (TPSA) is 46.5 Å². The molecular formula is C19H22O3. The standard InChI is InChI=1S/C19H22O3/c1-12-5-7-14(3)15(9-12)11-17(19(20)21)16-10-13(2)6-8-18(16)22-4/h5-10,17H,11H2,1-4H3,(H,20,21). The third-order valence-electron chi connectivity index (χ3n) is 3.99. The Bertz CT molecular complexity index is 689. The maximum Gasteiger partial charge on any atom is 0.311 e. The van der Waals surface area contributed by atoms with Crippen LogP contribution in [0.15, 0.2) is 36.4 Å². The Morgan fingerprint density at radius 3 is 2.36 bits per heavy atom. The first-order valence-corrected chi connectivity index (χ1v) is 7.36. The number of hydrogen-bond acceptors (Lipinski definition) is 2. The van der Waals surface area contributed by atoms with E-state index in [4.69, 9.17) is 4.74 Å². The SMILES string of the molecule is COc1ccc(C)cc1C(Cc1cc(C)ccc1C)C(=O)O. The summed E-state index contributed by atoms with van der Waals surface area (Å²) in [4.78, 5) is 11.8. The van der Waals surface area contributed by atoms with Gasteiger partial charge in [0.1, 0.15) is 5.75 Å². The van der Waals surface area contributed by atoms with Crippen molar-refractivity contribution < 1.29 is 14.6 Å².